The van der Waals surface area contributed by atoms with Gasteiger partial charge in [0.1, 0.15) is 21.9 Å². The van der Waals surface area contributed by atoms with Crippen molar-refractivity contribution in [3.05, 3.63) is 24.3 Å². The molecular formula is C12H25N9O5S. The van der Waals surface area contributed by atoms with E-state index in [1.165, 1.54) is 12.1 Å². The van der Waals surface area contributed by atoms with Gasteiger partial charge in [0.15, 0.2) is 11.4 Å². The van der Waals surface area contributed by atoms with Crippen molar-refractivity contribution in [2.24, 2.45) is 51.6 Å². The van der Waals surface area contributed by atoms with E-state index < -0.39 is 55.9 Å². The molecule has 0 unspecified atom stereocenters. The van der Waals surface area contributed by atoms with Crippen LogP contribution in [0, 0.1) is 0 Å². The Morgan fingerprint density at radius 1 is 0.963 bits per heavy atom. The predicted molar refractivity (Wildman–Crippen MR) is 95.4 cm³/mol. The number of esters is 1. The van der Waals surface area contributed by atoms with Gasteiger partial charge in [-0.05, 0) is 12.1 Å². The van der Waals surface area contributed by atoms with Gasteiger partial charge in [0, 0.05) is 6.54 Å². The predicted octanol–water partition coefficient (Wildman–Crippen LogP) is -5.75. The maximum Gasteiger partial charge on any atom is 0.349 e. The summed E-state index contributed by atoms with van der Waals surface area (Å²) in [5.41, 5.74) is 41.2. The summed E-state index contributed by atoms with van der Waals surface area (Å²) in [6.07, 6.45) is 0. The lowest BCUT2D eigenvalue weighted by atomic mass is 9.76. The highest BCUT2D eigenvalue weighted by Crippen LogP contribution is 2.27. The Balaban J connectivity index is 3.35. The maximum absolute atomic E-state index is 12.5. The van der Waals surface area contributed by atoms with Crippen LogP contribution < -0.4 is 56.3 Å². The zero-order chi connectivity index (χ0) is 21.5. The number of carbonyl (C=O) groups is 1. The van der Waals surface area contributed by atoms with Crippen LogP contribution >= 0.6 is 0 Å². The van der Waals surface area contributed by atoms with E-state index >= 15 is 0 Å². The molecule has 0 aliphatic rings. The third-order valence-corrected chi connectivity index (χ3v) is 5.04. The van der Waals surface area contributed by atoms with Crippen LogP contribution in [0.2, 0.25) is 0 Å². The number of hydrogen-bond acceptors (Lipinski definition) is 13. The van der Waals surface area contributed by atoms with E-state index in [9.17, 15) is 17.8 Å². The fraction of sp³-hybridized carbons (Fsp3) is 0.417. The smallest absolute Gasteiger partial charge is 0.349 e. The average Bonchev–Trinajstić information content (AvgIpc) is 2.53. The Morgan fingerprint density at radius 2 is 1.44 bits per heavy atom. The van der Waals surface area contributed by atoms with Crippen LogP contribution in [-0.4, -0.2) is 48.1 Å². The van der Waals surface area contributed by atoms with E-state index in [2.05, 4.69) is 0 Å². The van der Waals surface area contributed by atoms with Crippen molar-refractivity contribution in [3.8, 4) is 5.75 Å². The second-order valence-electron chi connectivity index (χ2n) is 6.16. The number of benzene rings is 1. The first kappa shape index (κ1) is 23.3. The molecule has 0 radical (unpaired) electrons. The average molecular weight is 407 g/mol. The molecule has 0 aliphatic heterocycles. The monoisotopic (exact) mass is 407 g/mol. The molecule has 15 heteroatoms. The summed E-state index contributed by atoms with van der Waals surface area (Å²) in [6, 6.07) is 4.57. The molecule has 0 bridgehead atoms. The van der Waals surface area contributed by atoms with Crippen molar-refractivity contribution in [2.45, 2.75) is 27.5 Å². The molecule has 0 spiro atoms. The van der Waals surface area contributed by atoms with Gasteiger partial charge in [0.2, 0.25) is 0 Å². The normalized spacial score (nSPS) is 14.1. The van der Waals surface area contributed by atoms with Crippen LogP contribution in [0.4, 0.5) is 0 Å². The van der Waals surface area contributed by atoms with Crippen molar-refractivity contribution in [1.82, 2.24) is 0 Å². The quantitative estimate of drug-likeness (QED) is 0.0870. The lowest BCUT2D eigenvalue weighted by Gasteiger charge is -2.53. The minimum absolute atomic E-state index is 0.521. The molecule has 0 saturated carbocycles. The number of hydrogen-bond donors (Lipinski definition) is 10. The van der Waals surface area contributed by atoms with Gasteiger partial charge in [-0.15, -0.1) is 0 Å². The van der Waals surface area contributed by atoms with Crippen LogP contribution in [0.3, 0.4) is 0 Å². The van der Waals surface area contributed by atoms with Gasteiger partial charge in [-0.3, -0.25) is 4.55 Å². The topological polar surface area (TPSA) is 315 Å². The highest BCUT2D eigenvalue weighted by atomic mass is 32.2. The molecular weight excluding hydrogens is 382 g/mol. The van der Waals surface area contributed by atoms with Crippen LogP contribution in [-0.2, 0) is 14.9 Å². The van der Waals surface area contributed by atoms with E-state index in [0.717, 1.165) is 12.1 Å². The van der Waals surface area contributed by atoms with E-state index in [1.807, 2.05) is 0 Å². The Kier molecular flexibility index (Phi) is 6.04. The minimum atomic E-state index is -4.74. The zero-order valence-corrected chi connectivity index (χ0v) is 15.0. The van der Waals surface area contributed by atoms with Gasteiger partial charge in [-0.25, -0.2) is 4.79 Å². The number of para-hydroxylation sites is 1. The van der Waals surface area contributed by atoms with Gasteiger partial charge < -0.3 is 56.3 Å². The standard InChI is InChI=1S/C12H25N9O5S/c13-5-9(14,15)11(18,19)12(20,21)10(16,17)8(22)26-6-3-1-2-4-7(6)27(23,24)25/h1-4H,5,13-21H2,(H,23,24,25). The van der Waals surface area contributed by atoms with E-state index in [1.54, 1.807) is 0 Å². The maximum atomic E-state index is 12.5. The second-order valence-corrected chi connectivity index (χ2v) is 7.55. The summed E-state index contributed by atoms with van der Waals surface area (Å²) < 4.78 is 36.8. The molecule has 0 atom stereocenters. The van der Waals surface area contributed by atoms with Crippen molar-refractivity contribution in [2.75, 3.05) is 6.54 Å². The summed E-state index contributed by atoms with van der Waals surface area (Å²) in [6.45, 7) is -0.521. The highest BCUT2D eigenvalue weighted by molar-refractivity contribution is 7.86. The first-order valence-corrected chi connectivity index (χ1v) is 8.67. The molecule has 0 heterocycles. The van der Waals surface area contributed by atoms with Crippen molar-refractivity contribution >= 4 is 16.1 Å². The molecule has 154 valence electrons. The van der Waals surface area contributed by atoms with E-state index in [-0.39, 0.29) is 0 Å². The lowest BCUT2D eigenvalue weighted by Crippen LogP contribution is -2.99. The Hall–Kier alpha value is -1.76. The Bertz CT molecular complexity index is 822. The highest BCUT2D eigenvalue weighted by Gasteiger charge is 2.63. The number of nitrogens with two attached hydrogens (primary N) is 9. The molecule has 0 amide bonds. The van der Waals surface area contributed by atoms with Gasteiger partial charge in [0.25, 0.3) is 10.1 Å². The second kappa shape index (κ2) is 7.00. The molecule has 0 saturated heterocycles. The Morgan fingerprint density at radius 3 is 1.89 bits per heavy atom. The SMILES string of the molecule is NCC(N)(N)C(N)(N)C(N)(N)C(N)(N)C(=O)Oc1ccccc1S(=O)(=O)O. The molecule has 27 heavy (non-hydrogen) atoms. The number of ether oxygens (including phenoxy) is 1. The molecule has 0 aliphatic carbocycles. The van der Waals surface area contributed by atoms with E-state index in [4.69, 9.17) is 56.3 Å². The summed E-state index contributed by atoms with van der Waals surface area (Å²) in [5.74, 6) is -2.15. The van der Waals surface area contributed by atoms with Crippen LogP contribution in [0.1, 0.15) is 0 Å². The third-order valence-electron chi connectivity index (χ3n) is 4.14. The summed E-state index contributed by atoms with van der Waals surface area (Å²) in [5, 5.41) is 0. The lowest BCUT2D eigenvalue weighted by molar-refractivity contribution is -0.145. The van der Waals surface area contributed by atoms with Crippen molar-refractivity contribution < 1.29 is 22.5 Å². The number of carbonyl (C=O) groups excluding carboxylic acids is 1. The van der Waals surface area contributed by atoms with E-state index in [0.29, 0.717) is 0 Å². The molecule has 0 aromatic heterocycles. The molecule has 19 N–H and O–H groups in total. The van der Waals surface area contributed by atoms with Gasteiger partial charge >= 0.3 is 5.97 Å². The molecule has 14 nitrogen and oxygen atoms in total. The molecule has 1 aromatic rings. The van der Waals surface area contributed by atoms with Gasteiger partial charge in [-0.1, -0.05) is 12.1 Å². The van der Waals surface area contributed by atoms with Gasteiger partial charge in [0.05, 0.1) is 0 Å². The number of rotatable bonds is 7. The summed E-state index contributed by atoms with van der Waals surface area (Å²) in [4.78, 5) is 11.7. The first-order valence-electron chi connectivity index (χ1n) is 7.23. The largest absolute Gasteiger partial charge is 0.423 e. The van der Waals surface area contributed by atoms with Crippen LogP contribution in [0.15, 0.2) is 29.2 Å². The molecule has 0 fully saturated rings. The fourth-order valence-electron chi connectivity index (χ4n) is 2.00. The minimum Gasteiger partial charge on any atom is -0.423 e. The fourth-order valence-corrected chi connectivity index (χ4v) is 2.61. The van der Waals surface area contributed by atoms with Crippen LogP contribution in [0.25, 0.3) is 0 Å². The van der Waals surface area contributed by atoms with Crippen molar-refractivity contribution in [1.29, 1.82) is 0 Å². The van der Waals surface area contributed by atoms with Gasteiger partial charge in [-0.2, -0.15) is 8.42 Å². The first-order chi connectivity index (χ1) is 11.9. The molecule has 1 aromatic carbocycles. The molecule has 1 rings (SSSR count). The summed E-state index contributed by atoms with van der Waals surface area (Å²) in [7, 11) is -4.74. The van der Waals surface area contributed by atoms with Crippen molar-refractivity contribution in [3.63, 3.8) is 0 Å². The summed E-state index contributed by atoms with van der Waals surface area (Å²) >= 11 is 0. The van der Waals surface area contributed by atoms with Crippen LogP contribution in [0.5, 0.6) is 5.75 Å². The zero-order valence-electron chi connectivity index (χ0n) is 14.2. The Labute approximate surface area is 155 Å². The third kappa shape index (κ3) is 3.93.